The molecule has 2 aliphatic rings. The van der Waals surface area contributed by atoms with Gasteiger partial charge < -0.3 is 9.47 Å². The lowest BCUT2D eigenvalue weighted by atomic mass is 9.94. The highest BCUT2D eigenvalue weighted by Crippen LogP contribution is 2.28. The number of likely N-dealkylation sites (tertiary alicyclic amines) is 1. The molecule has 0 bridgehead atoms. The van der Waals surface area contributed by atoms with Crippen LogP contribution in [-0.2, 0) is 14.3 Å². The molecule has 2 rings (SSSR count). The number of ether oxygens (including phenoxy) is 2. The van der Waals surface area contributed by atoms with E-state index in [-0.39, 0.29) is 12.0 Å². The van der Waals surface area contributed by atoms with E-state index in [1.165, 1.54) is 7.11 Å². The Kier molecular flexibility index (Phi) is 3.26. The Morgan fingerprint density at radius 2 is 2.27 bits per heavy atom. The number of hydrogen-bond acceptors (Lipinski definition) is 4. The van der Waals surface area contributed by atoms with Gasteiger partial charge in [0.1, 0.15) is 6.04 Å². The van der Waals surface area contributed by atoms with E-state index in [0.717, 1.165) is 32.4 Å². The Labute approximate surface area is 90.5 Å². The Balaban J connectivity index is 1.90. The van der Waals surface area contributed by atoms with Crippen molar-refractivity contribution < 1.29 is 14.3 Å². The van der Waals surface area contributed by atoms with E-state index in [4.69, 9.17) is 9.47 Å². The number of hydrogen-bond donors (Lipinski definition) is 0. The standard InChI is InChI=1S/C11H19NO3/c1-8-7-9(4-6-15-8)12-5-3-10(12)11(13)14-2/h8-10H,3-7H2,1-2H3. The number of carbonyl (C=O) groups excluding carboxylic acids is 1. The van der Waals surface area contributed by atoms with E-state index in [1.807, 2.05) is 0 Å². The molecular weight excluding hydrogens is 194 g/mol. The molecule has 2 aliphatic heterocycles. The van der Waals surface area contributed by atoms with E-state index < -0.39 is 0 Å². The predicted octanol–water partition coefficient (Wildman–Crippen LogP) is 0.801. The van der Waals surface area contributed by atoms with Gasteiger partial charge in [0, 0.05) is 19.2 Å². The van der Waals surface area contributed by atoms with E-state index in [1.54, 1.807) is 0 Å². The number of nitrogens with zero attached hydrogens (tertiary/aromatic N) is 1. The first-order valence-electron chi connectivity index (χ1n) is 5.67. The summed E-state index contributed by atoms with van der Waals surface area (Å²) in [6.07, 6.45) is 3.34. The lowest BCUT2D eigenvalue weighted by molar-refractivity contribution is -0.156. The van der Waals surface area contributed by atoms with Crippen LogP contribution in [-0.4, -0.2) is 49.3 Å². The molecule has 3 unspecified atom stereocenters. The topological polar surface area (TPSA) is 38.8 Å². The second kappa shape index (κ2) is 4.49. The summed E-state index contributed by atoms with van der Waals surface area (Å²) in [5.74, 6) is -0.0830. The van der Waals surface area contributed by atoms with Gasteiger partial charge in [-0.15, -0.1) is 0 Å². The van der Waals surface area contributed by atoms with Gasteiger partial charge >= 0.3 is 5.97 Å². The van der Waals surface area contributed by atoms with E-state index >= 15 is 0 Å². The Morgan fingerprint density at radius 3 is 2.80 bits per heavy atom. The third kappa shape index (κ3) is 2.16. The highest BCUT2D eigenvalue weighted by molar-refractivity contribution is 5.76. The van der Waals surface area contributed by atoms with Crippen molar-refractivity contribution in [1.82, 2.24) is 4.90 Å². The molecule has 0 aromatic carbocycles. The monoisotopic (exact) mass is 213 g/mol. The predicted molar refractivity (Wildman–Crippen MR) is 55.6 cm³/mol. The molecule has 0 aromatic heterocycles. The number of esters is 1. The minimum Gasteiger partial charge on any atom is -0.468 e. The fourth-order valence-electron chi connectivity index (χ4n) is 2.51. The summed E-state index contributed by atoms with van der Waals surface area (Å²) < 4.78 is 10.3. The van der Waals surface area contributed by atoms with E-state index in [2.05, 4.69) is 11.8 Å². The van der Waals surface area contributed by atoms with Crippen molar-refractivity contribution in [2.24, 2.45) is 0 Å². The zero-order chi connectivity index (χ0) is 10.8. The van der Waals surface area contributed by atoms with Gasteiger partial charge in [0.15, 0.2) is 0 Å². The summed E-state index contributed by atoms with van der Waals surface area (Å²) in [5, 5.41) is 0. The maximum atomic E-state index is 11.4. The molecule has 0 N–H and O–H groups in total. The van der Waals surface area contributed by atoms with Crippen molar-refractivity contribution in [2.45, 2.75) is 44.4 Å². The average Bonchev–Trinajstić information content (AvgIpc) is 2.16. The smallest absolute Gasteiger partial charge is 0.323 e. The third-order valence-corrected chi connectivity index (χ3v) is 3.46. The van der Waals surface area contributed by atoms with E-state index in [0.29, 0.717) is 12.1 Å². The number of methoxy groups -OCH3 is 1. The van der Waals surface area contributed by atoms with Crippen LogP contribution in [0.2, 0.25) is 0 Å². The zero-order valence-electron chi connectivity index (χ0n) is 9.44. The van der Waals surface area contributed by atoms with Crippen LogP contribution >= 0.6 is 0 Å². The van der Waals surface area contributed by atoms with Gasteiger partial charge in [-0.2, -0.15) is 0 Å². The summed E-state index contributed by atoms with van der Waals surface area (Å²) in [6.45, 7) is 3.94. The van der Waals surface area contributed by atoms with Gasteiger partial charge in [0.05, 0.1) is 13.2 Å². The van der Waals surface area contributed by atoms with Crippen LogP contribution in [0.5, 0.6) is 0 Å². The molecule has 0 amide bonds. The summed E-state index contributed by atoms with van der Waals surface area (Å²) >= 11 is 0. The Morgan fingerprint density at radius 1 is 1.47 bits per heavy atom. The van der Waals surface area contributed by atoms with Crippen molar-refractivity contribution in [3.8, 4) is 0 Å². The van der Waals surface area contributed by atoms with Gasteiger partial charge in [-0.1, -0.05) is 0 Å². The summed E-state index contributed by atoms with van der Waals surface area (Å²) in [7, 11) is 1.46. The second-order valence-corrected chi connectivity index (χ2v) is 4.43. The zero-order valence-corrected chi connectivity index (χ0v) is 9.44. The van der Waals surface area contributed by atoms with E-state index in [9.17, 15) is 4.79 Å². The van der Waals surface area contributed by atoms with Crippen molar-refractivity contribution >= 4 is 5.97 Å². The molecule has 0 aromatic rings. The first-order chi connectivity index (χ1) is 7.22. The summed E-state index contributed by atoms with van der Waals surface area (Å²) in [6, 6.07) is 0.511. The maximum Gasteiger partial charge on any atom is 0.323 e. The second-order valence-electron chi connectivity index (χ2n) is 4.43. The average molecular weight is 213 g/mol. The molecule has 2 heterocycles. The van der Waals surface area contributed by atoms with Crippen molar-refractivity contribution in [1.29, 1.82) is 0 Å². The highest BCUT2D eigenvalue weighted by Gasteiger charge is 2.40. The van der Waals surface area contributed by atoms with Gasteiger partial charge in [0.2, 0.25) is 0 Å². The molecule has 4 heteroatoms. The Bertz CT molecular complexity index is 244. The van der Waals surface area contributed by atoms with Gasteiger partial charge in [-0.25, -0.2) is 0 Å². The normalized spacial score (nSPS) is 37.1. The van der Waals surface area contributed by atoms with Crippen LogP contribution < -0.4 is 0 Å². The molecule has 2 saturated heterocycles. The SMILES string of the molecule is COC(=O)C1CCN1C1CCOC(C)C1. The van der Waals surface area contributed by atoms with Gasteiger partial charge in [0.25, 0.3) is 0 Å². The van der Waals surface area contributed by atoms with Crippen LogP contribution in [0, 0.1) is 0 Å². The largest absolute Gasteiger partial charge is 0.468 e. The molecular formula is C11H19NO3. The number of rotatable bonds is 2. The first kappa shape index (κ1) is 10.9. The van der Waals surface area contributed by atoms with Gasteiger partial charge in [-0.05, 0) is 26.2 Å². The van der Waals surface area contributed by atoms with Crippen LogP contribution in [0.25, 0.3) is 0 Å². The molecule has 15 heavy (non-hydrogen) atoms. The molecule has 0 radical (unpaired) electrons. The van der Waals surface area contributed by atoms with Crippen molar-refractivity contribution in [2.75, 3.05) is 20.3 Å². The molecule has 0 spiro atoms. The summed E-state index contributed by atoms with van der Waals surface area (Å²) in [5.41, 5.74) is 0. The molecule has 4 nitrogen and oxygen atoms in total. The number of carbonyl (C=O) groups is 1. The summed E-state index contributed by atoms with van der Waals surface area (Å²) in [4.78, 5) is 13.7. The third-order valence-electron chi connectivity index (χ3n) is 3.46. The van der Waals surface area contributed by atoms with Crippen LogP contribution in [0.4, 0.5) is 0 Å². The quantitative estimate of drug-likeness (QED) is 0.636. The van der Waals surface area contributed by atoms with Crippen LogP contribution in [0.15, 0.2) is 0 Å². The molecule has 86 valence electrons. The van der Waals surface area contributed by atoms with Crippen molar-refractivity contribution in [3.63, 3.8) is 0 Å². The molecule has 2 fully saturated rings. The lowest BCUT2D eigenvalue weighted by Crippen LogP contribution is -2.58. The molecule has 0 aliphatic carbocycles. The van der Waals surface area contributed by atoms with Crippen LogP contribution in [0.3, 0.4) is 0 Å². The fraction of sp³-hybridized carbons (Fsp3) is 0.909. The molecule has 0 saturated carbocycles. The first-order valence-corrected chi connectivity index (χ1v) is 5.67. The van der Waals surface area contributed by atoms with Crippen molar-refractivity contribution in [3.05, 3.63) is 0 Å². The molecule has 3 atom stereocenters. The highest BCUT2D eigenvalue weighted by atomic mass is 16.5. The lowest BCUT2D eigenvalue weighted by Gasteiger charge is -2.46. The minimum atomic E-state index is -0.0830. The van der Waals surface area contributed by atoms with Crippen LogP contribution in [0.1, 0.15) is 26.2 Å². The fourth-order valence-corrected chi connectivity index (χ4v) is 2.51. The Hall–Kier alpha value is -0.610. The maximum absolute atomic E-state index is 11.4. The van der Waals surface area contributed by atoms with Gasteiger partial charge in [-0.3, -0.25) is 9.69 Å². The minimum absolute atomic E-state index is 0.00491.